The summed E-state index contributed by atoms with van der Waals surface area (Å²) in [7, 11) is 0. The number of halogens is 1. The lowest BCUT2D eigenvalue weighted by Gasteiger charge is -2.06. The third-order valence-corrected chi connectivity index (χ3v) is 6.80. The first-order chi connectivity index (χ1) is 15.4. The van der Waals surface area contributed by atoms with Gasteiger partial charge >= 0.3 is 0 Å². The highest BCUT2D eigenvalue weighted by molar-refractivity contribution is 8.00. The van der Waals surface area contributed by atoms with Gasteiger partial charge in [0.25, 0.3) is 0 Å². The number of carbonyl (C=O) groups is 1. The van der Waals surface area contributed by atoms with Gasteiger partial charge in [0.15, 0.2) is 10.2 Å². The van der Waals surface area contributed by atoms with Crippen molar-refractivity contribution in [1.29, 1.82) is 0 Å². The summed E-state index contributed by atoms with van der Waals surface area (Å²) in [6.07, 6.45) is 0.672. The molecule has 0 aliphatic heterocycles. The largest absolute Gasteiger partial charge is 0.339 e. The van der Waals surface area contributed by atoms with Gasteiger partial charge in [-0.15, -0.1) is 11.3 Å². The van der Waals surface area contributed by atoms with Gasteiger partial charge in [0.1, 0.15) is 0 Å². The summed E-state index contributed by atoms with van der Waals surface area (Å²) in [5.41, 5.74) is 4.97. The third-order valence-electron chi connectivity index (χ3n) is 4.53. The van der Waals surface area contributed by atoms with Gasteiger partial charge in [-0.25, -0.2) is 4.98 Å². The number of aryl methyl sites for hydroxylation is 3. The van der Waals surface area contributed by atoms with E-state index in [0.29, 0.717) is 28.9 Å². The maximum Gasteiger partial charge on any atom is 0.227 e. The van der Waals surface area contributed by atoms with Crippen LogP contribution in [0.4, 0.5) is 5.69 Å². The maximum atomic E-state index is 12.2. The molecule has 2 heterocycles. The maximum absolute atomic E-state index is 12.2. The minimum absolute atomic E-state index is 0.0818. The second kappa shape index (κ2) is 10.3. The number of thioether (sulfide) groups is 1. The molecule has 0 aliphatic rings. The molecule has 9 heteroatoms. The van der Waals surface area contributed by atoms with Crippen molar-refractivity contribution in [2.24, 2.45) is 0 Å². The van der Waals surface area contributed by atoms with E-state index in [1.165, 1.54) is 0 Å². The topological polar surface area (TPSA) is 80.9 Å². The van der Waals surface area contributed by atoms with Crippen LogP contribution in [0.25, 0.3) is 11.3 Å². The van der Waals surface area contributed by atoms with Crippen LogP contribution in [-0.2, 0) is 17.0 Å². The Hall–Kier alpha value is -2.68. The van der Waals surface area contributed by atoms with Gasteiger partial charge < -0.3 is 9.84 Å². The minimum atomic E-state index is -0.0818. The molecule has 0 fully saturated rings. The van der Waals surface area contributed by atoms with Crippen LogP contribution in [0, 0.1) is 13.8 Å². The quantitative estimate of drug-likeness (QED) is 0.294. The molecule has 0 aliphatic carbocycles. The van der Waals surface area contributed by atoms with Crippen LogP contribution >= 0.6 is 34.7 Å². The van der Waals surface area contributed by atoms with Crippen LogP contribution in [0.5, 0.6) is 0 Å². The Bertz CT molecular complexity index is 1200. The average molecular weight is 485 g/mol. The molecule has 0 spiro atoms. The Kier molecular flexibility index (Phi) is 7.24. The number of aromatic nitrogens is 3. The number of benzene rings is 2. The molecule has 2 aromatic heterocycles. The first-order valence-electron chi connectivity index (χ1n) is 9.98. The molecule has 2 aromatic carbocycles. The fourth-order valence-electron chi connectivity index (χ4n) is 3.14. The molecule has 164 valence electrons. The van der Waals surface area contributed by atoms with Gasteiger partial charge in [-0.05, 0) is 49.2 Å². The standard InChI is InChI=1S/C23H21ClN4O2S2/c1-14-9-15(2)11-18(10-14)25-21(29)7-8-22-27-20(28-30-22)13-32-23-26-19(12-31-23)16-3-5-17(24)6-4-16/h3-6,9-12H,7-8,13H2,1-2H3,(H,25,29). The van der Waals surface area contributed by atoms with Crippen molar-refractivity contribution in [1.82, 2.24) is 15.1 Å². The molecule has 0 unspecified atom stereocenters. The van der Waals surface area contributed by atoms with Crippen LogP contribution < -0.4 is 5.32 Å². The summed E-state index contributed by atoms with van der Waals surface area (Å²) < 4.78 is 6.22. The van der Waals surface area contributed by atoms with E-state index in [4.69, 9.17) is 16.1 Å². The van der Waals surface area contributed by atoms with Gasteiger partial charge in [-0.3, -0.25) is 4.79 Å². The molecular weight excluding hydrogens is 464 g/mol. The van der Waals surface area contributed by atoms with E-state index in [1.807, 2.05) is 55.6 Å². The normalized spacial score (nSPS) is 11.0. The molecule has 4 aromatic rings. The summed E-state index contributed by atoms with van der Waals surface area (Å²) in [5.74, 6) is 1.51. The van der Waals surface area contributed by atoms with Crippen molar-refractivity contribution in [2.45, 2.75) is 36.8 Å². The summed E-state index contributed by atoms with van der Waals surface area (Å²) in [6, 6.07) is 13.6. The zero-order valence-electron chi connectivity index (χ0n) is 17.6. The van der Waals surface area contributed by atoms with Crippen molar-refractivity contribution < 1.29 is 9.32 Å². The summed E-state index contributed by atoms with van der Waals surface area (Å²) in [5, 5.41) is 9.65. The highest BCUT2D eigenvalue weighted by atomic mass is 35.5. The SMILES string of the molecule is Cc1cc(C)cc(NC(=O)CCc2nc(CSc3nc(-c4ccc(Cl)cc4)cs3)no2)c1. The van der Waals surface area contributed by atoms with Gasteiger partial charge in [0.05, 0.1) is 11.4 Å². The molecule has 6 nitrogen and oxygen atoms in total. The number of nitrogens with zero attached hydrogens (tertiary/aromatic N) is 3. The van der Waals surface area contributed by atoms with Crippen LogP contribution in [-0.4, -0.2) is 21.0 Å². The van der Waals surface area contributed by atoms with Gasteiger partial charge in [0.2, 0.25) is 11.8 Å². The number of carbonyl (C=O) groups excluding carboxylic acids is 1. The molecule has 0 atom stereocenters. The Morgan fingerprint density at radius 2 is 1.88 bits per heavy atom. The van der Waals surface area contributed by atoms with Crippen LogP contribution in [0.1, 0.15) is 29.3 Å². The summed E-state index contributed by atoms with van der Waals surface area (Å²) in [4.78, 5) is 21.3. The molecule has 0 radical (unpaired) electrons. The van der Waals surface area contributed by atoms with E-state index in [0.717, 1.165) is 32.4 Å². The predicted octanol–water partition coefficient (Wildman–Crippen LogP) is 6.33. The Balaban J connectivity index is 1.26. The Morgan fingerprint density at radius 3 is 2.62 bits per heavy atom. The summed E-state index contributed by atoms with van der Waals surface area (Å²) >= 11 is 9.07. The van der Waals surface area contributed by atoms with Crippen LogP contribution in [0.15, 0.2) is 56.7 Å². The molecule has 4 rings (SSSR count). The highest BCUT2D eigenvalue weighted by Crippen LogP contribution is 2.30. The molecule has 32 heavy (non-hydrogen) atoms. The van der Waals surface area contributed by atoms with Gasteiger partial charge in [-0.1, -0.05) is 46.7 Å². The minimum Gasteiger partial charge on any atom is -0.339 e. The number of hydrogen-bond donors (Lipinski definition) is 1. The summed E-state index contributed by atoms with van der Waals surface area (Å²) in [6.45, 7) is 4.01. The molecule has 0 saturated heterocycles. The lowest BCUT2D eigenvalue weighted by molar-refractivity contribution is -0.116. The monoisotopic (exact) mass is 484 g/mol. The zero-order chi connectivity index (χ0) is 22.5. The number of amides is 1. The number of nitrogens with one attached hydrogen (secondary N) is 1. The number of rotatable bonds is 8. The van der Waals surface area contributed by atoms with Crippen molar-refractivity contribution in [3.05, 3.63) is 75.7 Å². The average Bonchev–Trinajstić information content (AvgIpc) is 3.40. The van der Waals surface area contributed by atoms with Crippen LogP contribution in [0.3, 0.4) is 0 Å². The fraction of sp³-hybridized carbons (Fsp3) is 0.217. The van der Waals surface area contributed by atoms with E-state index >= 15 is 0 Å². The predicted molar refractivity (Wildman–Crippen MR) is 129 cm³/mol. The van der Waals surface area contributed by atoms with Crippen molar-refractivity contribution >= 4 is 46.3 Å². The third kappa shape index (κ3) is 6.18. The Labute approximate surface area is 199 Å². The second-order valence-corrected chi connectivity index (χ2v) is 9.84. The van der Waals surface area contributed by atoms with Crippen molar-refractivity contribution in [3.63, 3.8) is 0 Å². The molecule has 0 bridgehead atoms. The number of thiazole rings is 1. The lowest BCUT2D eigenvalue weighted by atomic mass is 10.1. The lowest BCUT2D eigenvalue weighted by Crippen LogP contribution is -2.12. The van der Waals surface area contributed by atoms with E-state index in [2.05, 4.69) is 26.5 Å². The van der Waals surface area contributed by atoms with Gasteiger partial charge in [-0.2, -0.15) is 4.98 Å². The molecule has 1 N–H and O–H groups in total. The van der Waals surface area contributed by atoms with Crippen LogP contribution in [0.2, 0.25) is 5.02 Å². The van der Waals surface area contributed by atoms with Gasteiger partial charge in [0, 0.05) is 34.5 Å². The first-order valence-corrected chi connectivity index (χ1v) is 12.2. The van der Waals surface area contributed by atoms with E-state index in [1.54, 1.807) is 23.1 Å². The number of anilines is 1. The number of hydrogen-bond acceptors (Lipinski definition) is 7. The van der Waals surface area contributed by atoms with Crippen molar-refractivity contribution in [3.8, 4) is 11.3 Å². The van der Waals surface area contributed by atoms with E-state index < -0.39 is 0 Å². The molecule has 1 amide bonds. The first kappa shape index (κ1) is 22.5. The zero-order valence-corrected chi connectivity index (χ0v) is 20.0. The Morgan fingerprint density at radius 1 is 1.12 bits per heavy atom. The van der Waals surface area contributed by atoms with Crippen molar-refractivity contribution in [2.75, 3.05) is 5.32 Å². The molecular formula is C23H21ClN4O2S2. The van der Waals surface area contributed by atoms with E-state index in [9.17, 15) is 4.79 Å². The second-order valence-electron chi connectivity index (χ2n) is 7.32. The van der Waals surface area contributed by atoms with E-state index in [-0.39, 0.29) is 12.3 Å². The fourth-order valence-corrected chi connectivity index (χ4v) is 4.95. The highest BCUT2D eigenvalue weighted by Gasteiger charge is 2.12. The molecule has 0 saturated carbocycles. The smallest absolute Gasteiger partial charge is 0.227 e.